The van der Waals surface area contributed by atoms with E-state index in [1.54, 1.807) is 31.4 Å². The van der Waals surface area contributed by atoms with Crippen molar-refractivity contribution in [1.29, 1.82) is 0 Å². The van der Waals surface area contributed by atoms with Crippen LogP contribution in [0.15, 0.2) is 72.8 Å². The summed E-state index contributed by atoms with van der Waals surface area (Å²) in [7, 11) is 0.885. The molecule has 3 aromatic rings. The van der Waals surface area contributed by atoms with Gasteiger partial charge in [0.1, 0.15) is 17.2 Å². The van der Waals surface area contributed by atoms with Crippen molar-refractivity contribution in [3.8, 4) is 17.2 Å². The van der Waals surface area contributed by atoms with Gasteiger partial charge in [-0.2, -0.15) is 0 Å². The Labute approximate surface area is 136 Å². The summed E-state index contributed by atoms with van der Waals surface area (Å²) in [5.41, 5.74) is 0. The summed E-state index contributed by atoms with van der Waals surface area (Å²) in [5.74, 6) is 1.33. The number of benzene rings is 3. The van der Waals surface area contributed by atoms with E-state index < -0.39 is 7.92 Å². The molecule has 0 aromatic heterocycles. The van der Waals surface area contributed by atoms with Crippen LogP contribution >= 0.6 is 7.92 Å². The van der Waals surface area contributed by atoms with Crippen LogP contribution in [0.2, 0.25) is 0 Å². The average molecular weight is 324 g/mol. The molecule has 0 bridgehead atoms. The van der Waals surface area contributed by atoms with Crippen molar-refractivity contribution in [2.75, 3.05) is 7.11 Å². The van der Waals surface area contributed by atoms with Crippen molar-refractivity contribution in [2.24, 2.45) is 0 Å². The molecule has 0 saturated heterocycles. The molecule has 0 unspecified atom stereocenters. The summed E-state index contributed by atoms with van der Waals surface area (Å²) in [6.07, 6.45) is 0. The largest absolute Gasteiger partial charge is 0.508 e. The molecule has 116 valence electrons. The van der Waals surface area contributed by atoms with Crippen LogP contribution in [-0.2, 0) is 0 Å². The number of ether oxygens (including phenoxy) is 1. The summed E-state index contributed by atoms with van der Waals surface area (Å²) < 4.78 is 5.23. The van der Waals surface area contributed by atoms with Gasteiger partial charge in [-0.25, -0.2) is 0 Å². The maximum atomic E-state index is 9.54. The highest BCUT2D eigenvalue weighted by Gasteiger charge is 2.16. The second kappa shape index (κ2) is 6.72. The Kier molecular flexibility index (Phi) is 4.50. The summed E-state index contributed by atoms with van der Waals surface area (Å²) >= 11 is 0. The van der Waals surface area contributed by atoms with Crippen LogP contribution in [0.1, 0.15) is 0 Å². The molecule has 0 atom stereocenters. The number of rotatable bonds is 4. The number of phenols is 2. The van der Waals surface area contributed by atoms with Gasteiger partial charge in [0.15, 0.2) is 0 Å². The molecule has 3 aromatic carbocycles. The molecule has 23 heavy (non-hydrogen) atoms. The Morgan fingerprint density at radius 2 is 0.957 bits per heavy atom. The van der Waals surface area contributed by atoms with E-state index in [9.17, 15) is 10.2 Å². The minimum atomic E-state index is -0.766. The SMILES string of the molecule is COc1ccc(P(c2ccc(O)cc2)c2ccc(O)cc2)cc1. The second-order valence-electron chi connectivity index (χ2n) is 5.07. The van der Waals surface area contributed by atoms with Crippen LogP contribution < -0.4 is 20.7 Å². The first-order valence-electron chi connectivity index (χ1n) is 7.19. The Morgan fingerprint density at radius 3 is 1.30 bits per heavy atom. The average Bonchev–Trinajstić information content (AvgIpc) is 2.59. The van der Waals surface area contributed by atoms with Crippen LogP contribution in [0.5, 0.6) is 17.2 Å². The topological polar surface area (TPSA) is 49.7 Å². The van der Waals surface area contributed by atoms with E-state index in [-0.39, 0.29) is 11.5 Å². The molecule has 0 spiro atoms. The van der Waals surface area contributed by atoms with Gasteiger partial charge < -0.3 is 14.9 Å². The zero-order valence-electron chi connectivity index (χ0n) is 12.7. The molecule has 2 N–H and O–H groups in total. The van der Waals surface area contributed by atoms with Gasteiger partial charge in [0.05, 0.1) is 7.11 Å². The smallest absolute Gasteiger partial charge is 0.118 e. The van der Waals surface area contributed by atoms with E-state index in [0.29, 0.717) is 0 Å². The molecule has 0 aliphatic carbocycles. The summed E-state index contributed by atoms with van der Waals surface area (Å²) in [6.45, 7) is 0. The fraction of sp³-hybridized carbons (Fsp3) is 0.0526. The lowest BCUT2D eigenvalue weighted by atomic mass is 10.3. The summed E-state index contributed by atoms with van der Waals surface area (Å²) in [4.78, 5) is 0. The quantitative estimate of drug-likeness (QED) is 0.726. The van der Waals surface area contributed by atoms with E-state index in [0.717, 1.165) is 16.4 Å². The normalized spacial score (nSPS) is 10.7. The minimum absolute atomic E-state index is 0.254. The van der Waals surface area contributed by atoms with Gasteiger partial charge in [0.2, 0.25) is 0 Å². The number of hydrogen-bond donors (Lipinski definition) is 2. The van der Waals surface area contributed by atoms with Crippen molar-refractivity contribution in [3.63, 3.8) is 0 Å². The third-order valence-electron chi connectivity index (χ3n) is 3.55. The molecular formula is C19H17O3P. The number of aromatic hydroxyl groups is 2. The van der Waals surface area contributed by atoms with Gasteiger partial charge in [-0.05, 0) is 60.2 Å². The van der Waals surface area contributed by atoms with Crippen LogP contribution in [0.3, 0.4) is 0 Å². The van der Waals surface area contributed by atoms with Gasteiger partial charge in [0, 0.05) is 0 Å². The highest BCUT2D eigenvalue weighted by atomic mass is 31.1. The monoisotopic (exact) mass is 324 g/mol. The maximum Gasteiger partial charge on any atom is 0.118 e. The maximum absolute atomic E-state index is 9.54. The van der Waals surface area contributed by atoms with E-state index in [2.05, 4.69) is 12.1 Å². The zero-order chi connectivity index (χ0) is 16.2. The van der Waals surface area contributed by atoms with E-state index in [4.69, 9.17) is 4.74 Å². The Morgan fingerprint density at radius 1 is 0.609 bits per heavy atom. The molecule has 0 heterocycles. The van der Waals surface area contributed by atoms with Gasteiger partial charge in [-0.15, -0.1) is 0 Å². The molecule has 3 nitrogen and oxygen atoms in total. The van der Waals surface area contributed by atoms with Gasteiger partial charge in [0.25, 0.3) is 0 Å². The van der Waals surface area contributed by atoms with Crippen molar-refractivity contribution >= 4 is 23.8 Å². The van der Waals surface area contributed by atoms with Crippen LogP contribution in [0.25, 0.3) is 0 Å². The molecular weight excluding hydrogens is 307 g/mol. The number of phenolic OH excluding ortho intramolecular Hbond substituents is 2. The molecule has 0 fully saturated rings. The molecule has 0 saturated carbocycles. The third kappa shape index (κ3) is 3.46. The van der Waals surface area contributed by atoms with Gasteiger partial charge in [-0.1, -0.05) is 36.4 Å². The molecule has 0 aliphatic rings. The van der Waals surface area contributed by atoms with Crippen molar-refractivity contribution < 1.29 is 14.9 Å². The Balaban J connectivity index is 2.08. The lowest BCUT2D eigenvalue weighted by Gasteiger charge is -2.19. The molecule has 0 radical (unpaired) electrons. The van der Waals surface area contributed by atoms with Crippen LogP contribution in [0.4, 0.5) is 0 Å². The second-order valence-corrected chi connectivity index (χ2v) is 7.29. The first-order chi connectivity index (χ1) is 11.2. The summed E-state index contributed by atoms with van der Waals surface area (Å²) in [5, 5.41) is 22.5. The van der Waals surface area contributed by atoms with Gasteiger partial charge >= 0.3 is 0 Å². The molecule has 4 heteroatoms. The van der Waals surface area contributed by atoms with Crippen molar-refractivity contribution in [2.45, 2.75) is 0 Å². The van der Waals surface area contributed by atoms with Crippen LogP contribution in [0, 0.1) is 0 Å². The Bertz CT molecular complexity index is 720. The van der Waals surface area contributed by atoms with E-state index in [1.807, 2.05) is 36.4 Å². The molecule has 0 aliphatic heterocycles. The molecule has 0 amide bonds. The fourth-order valence-corrected chi connectivity index (χ4v) is 4.62. The van der Waals surface area contributed by atoms with E-state index in [1.165, 1.54) is 5.30 Å². The lowest BCUT2D eigenvalue weighted by Crippen LogP contribution is -2.20. The highest BCUT2D eigenvalue weighted by molar-refractivity contribution is 7.79. The Hall–Kier alpha value is -2.51. The predicted octanol–water partition coefficient (Wildman–Crippen LogP) is 2.86. The van der Waals surface area contributed by atoms with Crippen molar-refractivity contribution in [1.82, 2.24) is 0 Å². The third-order valence-corrected chi connectivity index (χ3v) is 5.99. The minimum Gasteiger partial charge on any atom is -0.508 e. The first-order valence-corrected chi connectivity index (χ1v) is 8.54. The number of methoxy groups -OCH3 is 1. The molecule has 3 rings (SSSR count). The predicted molar refractivity (Wildman–Crippen MR) is 95.0 cm³/mol. The summed E-state index contributed by atoms with van der Waals surface area (Å²) in [6, 6.07) is 22.6. The van der Waals surface area contributed by atoms with E-state index >= 15 is 0 Å². The van der Waals surface area contributed by atoms with Crippen LogP contribution in [-0.4, -0.2) is 17.3 Å². The van der Waals surface area contributed by atoms with Crippen molar-refractivity contribution in [3.05, 3.63) is 72.8 Å². The first kappa shape index (κ1) is 15.4. The fourth-order valence-electron chi connectivity index (χ4n) is 2.38. The zero-order valence-corrected chi connectivity index (χ0v) is 13.6. The lowest BCUT2D eigenvalue weighted by molar-refractivity contribution is 0.415. The standard InChI is InChI=1S/C19H17O3P/c1-22-16-6-12-19(13-7-16)23(17-8-2-14(20)3-9-17)18-10-4-15(21)5-11-18/h2-13,20-21H,1H3. The van der Waals surface area contributed by atoms with Gasteiger partial charge in [-0.3, -0.25) is 0 Å². The number of hydrogen-bond acceptors (Lipinski definition) is 3. The highest BCUT2D eigenvalue weighted by Crippen LogP contribution is 2.34.